The van der Waals surface area contributed by atoms with Gasteiger partial charge in [-0.3, -0.25) is 29.8 Å². The molecule has 3 aromatic carbocycles. The molecule has 40 heavy (non-hydrogen) atoms. The maximum absolute atomic E-state index is 12.4. The summed E-state index contributed by atoms with van der Waals surface area (Å²) in [6.45, 7) is 0.213. The zero-order valence-electron chi connectivity index (χ0n) is 21.1. The number of amides is 2. The number of ether oxygens (including phenoxy) is 2. The van der Waals surface area contributed by atoms with E-state index in [1.807, 2.05) is 0 Å². The Balaban J connectivity index is 1.44. The highest BCUT2D eigenvalue weighted by molar-refractivity contribution is 5.94. The molecule has 0 aliphatic rings. The molecular formula is C26H23N5O9. The van der Waals surface area contributed by atoms with Gasteiger partial charge < -0.3 is 14.8 Å². The summed E-state index contributed by atoms with van der Waals surface area (Å²) in [6, 6.07) is 14.7. The van der Waals surface area contributed by atoms with Crippen LogP contribution in [0.25, 0.3) is 0 Å². The Kier molecular flexibility index (Phi) is 9.94. The van der Waals surface area contributed by atoms with Crippen LogP contribution < -0.4 is 20.2 Å². The highest BCUT2D eigenvalue weighted by Crippen LogP contribution is 2.28. The number of hydrogen-bond acceptors (Lipinski definition) is 10. The van der Waals surface area contributed by atoms with Crippen molar-refractivity contribution in [1.29, 1.82) is 0 Å². The third-order valence-electron chi connectivity index (χ3n) is 5.31. The van der Waals surface area contributed by atoms with Crippen LogP contribution in [0.3, 0.4) is 0 Å². The lowest BCUT2D eigenvalue weighted by atomic mass is 10.2. The van der Waals surface area contributed by atoms with Crippen LogP contribution >= 0.6 is 0 Å². The van der Waals surface area contributed by atoms with Gasteiger partial charge in [-0.2, -0.15) is 5.10 Å². The van der Waals surface area contributed by atoms with Gasteiger partial charge in [0.1, 0.15) is 0 Å². The lowest BCUT2D eigenvalue weighted by Crippen LogP contribution is -2.26. The second-order valence-corrected chi connectivity index (χ2v) is 8.06. The number of esters is 1. The van der Waals surface area contributed by atoms with Crippen LogP contribution in [0.4, 0.5) is 11.4 Å². The lowest BCUT2D eigenvalue weighted by molar-refractivity contribution is -0.385. The molecule has 14 nitrogen and oxygen atoms in total. The molecule has 2 amide bonds. The molecule has 0 aliphatic heterocycles. The van der Waals surface area contributed by atoms with Gasteiger partial charge in [0.15, 0.2) is 11.5 Å². The molecular weight excluding hydrogens is 526 g/mol. The van der Waals surface area contributed by atoms with Crippen molar-refractivity contribution < 1.29 is 33.7 Å². The Morgan fingerprint density at radius 1 is 0.875 bits per heavy atom. The van der Waals surface area contributed by atoms with Crippen molar-refractivity contribution in [2.45, 2.75) is 12.8 Å². The molecule has 0 aliphatic carbocycles. The fraction of sp³-hybridized carbons (Fsp3) is 0.154. The molecule has 0 unspecified atom stereocenters. The zero-order chi connectivity index (χ0) is 29.1. The number of methoxy groups -OCH3 is 1. The van der Waals surface area contributed by atoms with Crippen molar-refractivity contribution in [3.8, 4) is 11.5 Å². The number of carbonyl (C=O) groups excluding carboxylic acids is 3. The number of nitro benzene ring substituents is 2. The van der Waals surface area contributed by atoms with Gasteiger partial charge >= 0.3 is 5.97 Å². The van der Waals surface area contributed by atoms with Crippen LogP contribution in [0.5, 0.6) is 11.5 Å². The molecule has 2 N–H and O–H groups in total. The monoisotopic (exact) mass is 549 g/mol. The van der Waals surface area contributed by atoms with Gasteiger partial charge in [0.2, 0.25) is 5.91 Å². The molecule has 0 saturated carbocycles. The van der Waals surface area contributed by atoms with Gasteiger partial charge in [-0.1, -0.05) is 0 Å². The van der Waals surface area contributed by atoms with Gasteiger partial charge in [0.25, 0.3) is 17.3 Å². The standard InChI is InChI=1S/C26H23N5O9/c1-39-23-15-17(4-13-22(23)40-26(34)19-7-11-21(12-8-19)31(37)38)16-28-29-24(32)3-2-14-27-25(33)18-5-9-20(10-6-18)30(35)36/h4-13,15-16H,2-3,14H2,1H3,(H,27,33)(H,29,32). The van der Waals surface area contributed by atoms with Crippen molar-refractivity contribution in [3.63, 3.8) is 0 Å². The molecule has 0 bridgehead atoms. The molecule has 206 valence electrons. The SMILES string of the molecule is COc1cc(C=NNC(=O)CCCNC(=O)c2ccc([N+](=O)[O-])cc2)ccc1OC(=O)c1ccc([N+](=O)[O-])cc1. The van der Waals surface area contributed by atoms with Crippen molar-refractivity contribution in [3.05, 3.63) is 104 Å². The second kappa shape index (κ2) is 13.8. The summed E-state index contributed by atoms with van der Waals surface area (Å²) >= 11 is 0. The summed E-state index contributed by atoms with van der Waals surface area (Å²) in [6.07, 6.45) is 1.78. The molecule has 0 atom stereocenters. The van der Waals surface area contributed by atoms with Crippen LogP contribution in [0.15, 0.2) is 71.8 Å². The van der Waals surface area contributed by atoms with E-state index < -0.39 is 21.7 Å². The summed E-state index contributed by atoms with van der Waals surface area (Å²) in [4.78, 5) is 56.8. The summed E-state index contributed by atoms with van der Waals surface area (Å²) < 4.78 is 10.6. The van der Waals surface area contributed by atoms with Crippen LogP contribution in [-0.4, -0.2) is 47.5 Å². The van der Waals surface area contributed by atoms with Crippen molar-refractivity contribution in [2.75, 3.05) is 13.7 Å². The van der Waals surface area contributed by atoms with E-state index in [1.165, 1.54) is 74.0 Å². The van der Waals surface area contributed by atoms with E-state index in [0.29, 0.717) is 12.0 Å². The third-order valence-corrected chi connectivity index (χ3v) is 5.31. The number of carbonyl (C=O) groups is 3. The molecule has 0 aromatic heterocycles. The normalized spacial score (nSPS) is 10.5. The first-order valence-electron chi connectivity index (χ1n) is 11.7. The van der Waals surface area contributed by atoms with Gasteiger partial charge in [-0.15, -0.1) is 0 Å². The maximum atomic E-state index is 12.4. The average Bonchev–Trinajstić information content (AvgIpc) is 2.95. The highest BCUT2D eigenvalue weighted by Gasteiger charge is 2.15. The summed E-state index contributed by atoms with van der Waals surface area (Å²) in [5.74, 6) is -1.20. The van der Waals surface area contributed by atoms with Crippen molar-refractivity contribution in [1.82, 2.24) is 10.7 Å². The molecule has 3 rings (SSSR count). The topological polar surface area (TPSA) is 192 Å². The number of nitrogens with zero attached hydrogens (tertiary/aromatic N) is 3. The first kappa shape index (κ1) is 28.9. The Morgan fingerprint density at radius 3 is 2.05 bits per heavy atom. The smallest absolute Gasteiger partial charge is 0.343 e. The number of hydrazone groups is 1. The minimum Gasteiger partial charge on any atom is -0.493 e. The molecule has 3 aromatic rings. The summed E-state index contributed by atoms with van der Waals surface area (Å²) in [5, 5.41) is 27.9. The highest BCUT2D eigenvalue weighted by atomic mass is 16.6. The van der Waals surface area contributed by atoms with E-state index in [9.17, 15) is 34.6 Å². The number of hydrogen-bond donors (Lipinski definition) is 2. The number of nitrogens with one attached hydrogen (secondary N) is 2. The van der Waals surface area contributed by atoms with Gasteiger partial charge in [0, 0.05) is 42.8 Å². The molecule has 0 saturated heterocycles. The first-order valence-corrected chi connectivity index (χ1v) is 11.7. The van der Waals surface area contributed by atoms with Gasteiger partial charge in [-0.05, 0) is 54.4 Å². The fourth-order valence-electron chi connectivity index (χ4n) is 3.25. The van der Waals surface area contributed by atoms with E-state index in [-0.39, 0.29) is 52.9 Å². The Morgan fingerprint density at radius 2 is 1.48 bits per heavy atom. The molecule has 0 radical (unpaired) electrons. The van der Waals surface area contributed by atoms with E-state index in [2.05, 4.69) is 15.8 Å². The van der Waals surface area contributed by atoms with Crippen LogP contribution in [0.2, 0.25) is 0 Å². The minimum atomic E-state index is -0.731. The zero-order valence-corrected chi connectivity index (χ0v) is 21.1. The number of rotatable bonds is 12. The van der Waals surface area contributed by atoms with Crippen LogP contribution in [0, 0.1) is 20.2 Å². The number of non-ortho nitro benzene ring substituents is 2. The number of benzene rings is 3. The molecule has 0 spiro atoms. The van der Waals surface area contributed by atoms with Crippen LogP contribution in [-0.2, 0) is 4.79 Å². The Hall–Kier alpha value is -5.66. The summed E-state index contributed by atoms with van der Waals surface area (Å²) in [5.41, 5.74) is 3.00. The largest absolute Gasteiger partial charge is 0.493 e. The molecule has 0 heterocycles. The molecule has 14 heteroatoms. The molecule has 0 fully saturated rings. The predicted molar refractivity (Wildman–Crippen MR) is 141 cm³/mol. The predicted octanol–water partition coefficient (Wildman–Crippen LogP) is 3.39. The van der Waals surface area contributed by atoms with Gasteiger partial charge in [-0.25, -0.2) is 10.2 Å². The Labute approximate surface area is 226 Å². The third kappa shape index (κ3) is 8.17. The van der Waals surface area contributed by atoms with Crippen molar-refractivity contribution in [2.24, 2.45) is 5.10 Å². The second-order valence-electron chi connectivity index (χ2n) is 8.06. The van der Waals surface area contributed by atoms with E-state index in [1.54, 1.807) is 6.07 Å². The quantitative estimate of drug-likeness (QED) is 0.0850. The lowest BCUT2D eigenvalue weighted by Gasteiger charge is -2.10. The van der Waals surface area contributed by atoms with E-state index in [4.69, 9.17) is 9.47 Å². The average molecular weight is 549 g/mol. The van der Waals surface area contributed by atoms with E-state index in [0.717, 1.165) is 0 Å². The van der Waals surface area contributed by atoms with E-state index >= 15 is 0 Å². The Bertz CT molecular complexity index is 1440. The van der Waals surface area contributed by atoms with Crippen molar-refractivity contribution >= 4 is 35.4 Å². The summed E-state index contributed by atoms with van der Waals surface area (Å²) in [7, 11) is 1.38. The van der Waals surface area contributed by atoms with Gasteiger partial charge in [0.05, 0.1) is 28.7 Å². The fourth-order valence-corrected chi connectivity index (χ4v) is 3.25. The first-order chi connectivity index (χ1) is 19.2. The maximum Gasteiger partial charge on any atom is 0.343 e. The van der Waals surface area contributed by atoms with Crippen LogP contribution in [0.1, 0.15) is 39.1 Å². The number of nitro groups is 2. The minimum absolute atomic E-state index is 0.0821.